The van der Waals surface area contributed by atoms with Crippen LogP contribution in [0.4, 0.5) is 19.4 Å². The molecule has 418 valence electrons. The molecule has 10 rings (SSSR count). The molecule has 0 aliphatic heterocycles. The quantitative estimate of drug-likeness (QED) is 0.0221. The van der Waals surface area contributed by atoms with E-state index >= 15 is 4.39 Å². The molecule has 3 saturated carbocycles. The summed E-state index contributed by atoms with van der Waals surface area (Å²) in [5.74, 6) is -5.75. The van der Waals surface area contributed by atoms with Gasteiger partial charge in [-0.1, -0.05) is 85.3 Å². The van der Waals surface area contributed by atoms with E-state index in [0.29, 0.717) is 36.8 Å². The van der Waals surface area contributed by atoms with Gasteiger partial charge in [0, 0.05) is 31.3 Å². The van der Waals surface area contributed by atoms with Gasteiger partial charge < -0.3 is 42.0 Å². The van der Waals surface area contributed by atoms with E-state index in [4.69, 9.17) is 9.57 Å². The molecule has 24 heteroatoms. The monoisotopic (exact) mass is 1100 g/mol. The van der Waals surface area contributed by atoms with Crippen LogP contribution in [0.3, 0.4) is 0 Å². The van der Waals surface area contributed by atoms with Crippen LogP contribution in [0, 0.1) is 29.4 Å². The number of carbonyl (C=O) groups is 7. The van der Waals surface area contributed by atoms with Gasteiger partial charge in [0.1, 0.15) is 30.9 Å². The first-order valence-corrected chi connectivity index (χ1v) is 26.6. The highest BCUT2D eigenvalue weighted by Crippen LogP contribution is 2.47. The van der Waals surface area contributed by atoms with Crippen LogP contribution >= 0.6 is 0 Å². The summed E-state index contributed by atoms with van der Waals surface area (Å²) in [5, 5.41) is 25.5. The van der Waals surface area contributed by atoms with Crippen molar-refractivity contribution in [3.8, 4) is 22.6 Å². The maximum Gasteiger partial charge on any atom is 0.407 e. The molecule has 22 nitrogen and oxygen atoms in total. The lowest BCUT2D eigenvalue weighted by Crippen LogP contribution is -2.54. The molecule has 0 radical (unpaired) electrons. The maximum atomic E-state index is 15.3. The van der Waals surface area contributed by atoms with Crippen LogP contribution in [0.2, 0.25) is 0 Å². The summed E-state index contributed by atoms with van der Waals surface area (Å²) < 4.78 is 34.9. The molecular formula is C56H61F2N13O9. The second-order valence-corrected chi connectivity index (χ2v) is 19.9. The smallest absolute Gasteiger partial charge is 0.407 e. The molecule has 0 unspecified atom stereocenters. The number of aromatic nitrogens is 5. The zero-order valence-corrected chi connectivity index (χ0v) is 43.5. The molecule has 6 aromatic rings. The largest absolute Gasteiger partial charge is 0.449 e. The molecule has 0 saturated heterocycles. The van der Waals surface area contributed by atoms with E-state index in [-0.39, 0.29) is 72.6 Å². The van der Waals surface area contributed by atoms with Crippen molar-refractivity contribution in [2.24, 2.45) is 17.8 Å². The minimum atomic E-state index is -1.15. The number of hydroxylamine groups is 1. The number of pyridine rings is 1. The number of anilines is 1. The third-order valence-electron chi connectivity index (χ3n) is 14.6. The SMILES string of the molecule is O=C(CCCCCNC(=O)OCC1c2ccccc2-c2ccccc21)NCC(=O)NCC(=O)N[C@@H](Cc1ccccc1)C(=O)NCC(=O)NCONC(=O)[C@H]1C2CCC(CC2)[C@@H]1Nc1nc(-c2[nH]nc3ncc(F)cc23)ncc1F. The Hall–Kier alpha value is -8.93. The summed E-state index contributed by atoms with van der Waals surface area (Å²) in [7, 11) is 0. The number of hydrogen-bond donors (Lipinski definition) is 9. The number of fused-ring (bicyclic) bond motifs is 7. The number of halogens is 2. The van der Waals surface area contributed by atoms with E-state index < -0.39 is 85.1 Å². The van der Waals surface area contributed by atoms with E-state index in [9.17, 15) is 38.0 Å². The number of amides is 7. The molecule has 4 aliphatic carbocycles. The Bertz CT molecular complexity index is 3170. The van der Waals surface area contributed by atoms with E-state index in [1.54, 1.807) is 30.3 Å². The van der Waals surface area contributed by atoms with Crippen LogP contribution in [0.25, 0.3) is 33.7 Å². The molecule has 7 amide bonds. The van der Waals surface area contributed by atoms with E-state index in [1.165, 1.54) is 6.07 Å². The Morgan fingerprint density at radius 3 is 2.14 bits per heavy atom. The Morgan fingerprint density at radius 1 is 0.700 bits per heavy atom. The first-order valence-electron chi connectivity index (χ1n) is 26.6. The lowest BCUT2D eigenvalue weighted by molar-refractivity contribution is -0.146. The average molecular weight is 1100 g/mol. The molecule has 2 bridgehead atoms. The fourth-order valence-corrected chi connectivity index (χ4v) is 10.7. The Kier molecular flexibility index (Phi) is 18.6. The molecule has 3 aromatic carbocycles. The fourth-order valence-electron chi connectivity index (χ4n) is 10.7. The molecule has 9 N–H and O–H groups in total. The van der Waals surface area contributed by atoms with Gasteiger partial charge in [-0.25, -0.2) is 34.0 Å². The predicted octanol–water partition coefficient (Wildman–Crippen LogP) is 4.21. The van der Waals surface area contributed by atoms with E-state index in [1.807, 2.05) is 24.3 Å². The van der Waals surface area contributed by atoms with E-state index in [2.05, 4.69) is 92.1 Å². The second-order valence-electron chi connectivity index (χ2n) is 19.9. The van der Waals surface area contributed by atoms with Crippen LogP contribution in [-0.4, -0.2) is 118 Å². The van der Waals surface area contributed by atoms with Crippen molar-refractivity contribution in [1.82, 2.24) is 62.5 Å². The number of H-pyrrole nitrogens is 1. The van der Waals surface area contributed by atoms with Crippen molar-refractivity contribution in [3.05, 3.63) is 126 Å². The lowest BCUT2D eigenvalue weighted by Gasteiger charge is -2.48. The summed E-state index contributed by atoms with van der Waals surface area (Å²) in [6, 6.07) is 24.5. The van der Waals surface area contributed by atoms with Crippen LogP contribution in [0.5, 0.6) is 0 Å². The minimum Gasteiger partial charge on any atom is -0.449 e. The van der Waals surface area contributed by atoms with E-state index in [0.717, 1.165) is 60.3 Å². The number of aromatic amines is 1. The highest BCUT2D eigenvalue weighted by molar-refractivity contribution is 5.93. The first kappa shape index (κ1) is 55.8. The summed E-state index contributed by atoms with van der Waals surface area (Å²) in [6.45, 7) is -1.29. The normalized spacial score (nSPS) is 17.3. The highest BCUT2D eigenvalue weighted by atomic mass is 19.1. The van der Waals surface area contributed by atoms with Gasteiger partial charge in [0.2, 0.25) is 35.4 Å². The molecule has 4 aliphatic rings. The van der Waals surface area contributed by atoms with Gasteiger partial charge in [0.25, 0.3) is 0 Å². The maximum absolute atomic E-state index is 15.3. The highest BCUT2D eigenvalue weighted by Gasteiger charge is 2.48. The van der Waals surface area contributed by atoms with Crippen molar-refractivity contribution in [1.29, 1.82) is 0 Å². The number of carbonyl (C=O) groups excluding carboxylic acids is 7. The Labute approximate surface area is 458 Å². The molecular weight excluding hydrogens is 1040 g/mol. The van der Waals surface area contributed by atoms with Gasteiger partial charge in [-0.3, -0.25) is 38.7 Å². The Morgan fingerprint density at radius 2 is 1.38 bits per heavy atom. The number of hydrogen-bond acceptors (Lipinski definition) is 14. The standard InChI is InChI=1S/C56H61F2N13O9/c57-35-24-40-50(69-70-51(40)62-25-35)53-63-26-42(58)52(68-53)67-49-34-20-18-33(19-21-34)48(49)55(77)71-80-31-65-46(74)28-64-54(76)43(23-32-11-3-1-4-12-32)66-47(75)29-61-45(73)27-60-44(72)17-5-2-10-22-59-56(78)79-30-41-38-15-8-6-13-36(38)37-14-7-9-16-39(37)41/h1,3-4,6-9,11-16,24-26,33-34,41,43,48-49H,2,5,10,17-23,27-31H2,(H,59,78)(H,60,72)(H,61,73)(H,64,76)(H,65,74)(H,66,75)(H,71,77)(H,62,69,70)(H,63,67,68)/t33?,34?,43-,48-,49-/m0/s1. The average Bonchev–Trinajstić information content (AvgIpc) is 4.06. The second kappa shape index (κ2) is 26.6. The number of nitrogens with zero attached hydrogens (tertiary/aromatic N) is 4. The third-order valence-corrected chi connectivity index (χ3v) is 14.6. The molecule has 80 heavy (non-hydrogen) atoms. The molecule has 0 spiro atoms. The first-order chi connectivity index (χ1) is 38.9. The Balaban J connectivity index is 0.652. The van der Waals surface area contributed by atoms with Crippen LogP contribution < -0.4 is 42.7 Å². The predicted molar refractivity (Wildman–Crippen MR) is 286 cm³/mol. The van der Waals surface area contributed by atoms with Crippen molar-refractivity contribution in [2.45, 2.75) is 75.8 Å². The van der Waals surface area contributed by atoms with Crippen LogP contribution in [0.15, 0.2) is 97.3 Å². The number of unbranched alkanes of at least 4 members (excludes halogenated alkanes) is 2. The van der Waals surface area contributed by atoms with Gasteiger partial charge in [0.05, 0.1) is 43.3 Å². The summed E-state index contributed by atoms with van der Waals surface area (Å²) in [4.78, 5) is 108. The van der Waals surface area contributed by atoms with Crippen molar-refractivity contribution >= 4 is 58.4 Å². The summed E-state index contributed by atoms with van der Waals surface area (Å²) in [6.07, 6.45) is 6.60. The topological polar surface area (TPSA) is 302 Å². The lowest BCUT2D eigenvalue weighted by atomic mass is 9.61. The number of benzene rings is 3. The zero-order chi connectivity index (χ0) is 56.0. The van der Waals surface area contributed by atoms with Crippen LogP contribution in [0.1, 0.15) is 74.0 Å². The van der Waals surface area contributed by atoms with Gasteiger partial charge in [-0.15, -0.1) is 0 Å². The fraction of sp³-hybridized carbons (Fsp3) is 0.375. The van der Waals surface area contributed by atoms with Gasteiger partial charge in [-0.2, -0.15) is 5.10 Å². The molecule has 3 fully saturated rings. The summed E-state index contributed by atoms with van der Waals surface area (Å²) in [5.41, 5.74) is 8.11. The number of nitrogens with one attached hydrogen (secondary N) is 9. The van der Waals surface area contributed by atoms with Crippen molar-refractivity contribution in [3.63, 3.8) is 0 Å². The number of ether oxygens (including phenoxy) is 1. The molecule has 3 aromatic heterocycles. The van der Waals surface area contributed by atoms with Crippen molar-refractivity contribution < 1.29 is 51.9 Å². The number of alkyl carbamates (subject to hydrolysis) is 1. The minimum absolute atomic E-state index is 0.00793. The number of rotatable bonds is 25. The van der Waals surface area contributed by atoms with Gasteiger partial charge in [0.15, 0.2) is 23.1 Å². The zero-order valence-electron chi connectivity index (χ0n) is 43.5. The summed E-state index contributed by atoms with van der Waals surface area (Å²) >= 11 is 0. The van der Waals surface area contributed by atoms with Crippen LogP contribution in [-0.2, 0) is 44.8 Å². The van der Waals surface area contributed by atoms with Gasteiger partial charge >= 0.3 is 6.09 Å². The van der Waals surface area contributed by atoms with Gasteiger partial charge in [-0.05, 0) is 84.2 Å². The molecule has 3 atom stereocenters. The van der Waals surface area contributed by atoms with Crippen molar-refractivity contribution in [2.75, 3.05) is 44.8 Å². The third kappa shape index (κ3) is 14.2. The molecule has 3 heterocycles.